The Bertz CT molecular complexity index is 531. The van der Waals surface area contributed by atoms with E-state index in [0.717, 1.165) is 30.1 Å². The predicted molar refractivity (Wildman–Crippen MR) is 144 cm³/mol. The highest BCUT2D eigenvalue weighted by Gasteiger charge is 2.33. The maximum Gasteiger partial charge on any atom is 0.337 e. The molecule has 32 heavy (non-hydrogen) atoms. The molecular formula is C28H51ClO2Si. The van der Waals surface area contributed by atoms with Crippen LogP contribution in [0, 0.1) is 0 Å². The molecule has 0 saturated heterocycles. The summed E-state index contributed by atoms with van der Waals surface area (Å²) in [5.74, 6) is 0. The Hall–Kier alpha value is -0.353. The van der Waals surface area contributed by atoms with E-state index in [4.69, 9.17) is 20.5 Å². The topological polar surface area (TPSA) is 18.5 Å². The quantitative estimate of drug-likeness (QED) is 0.121. The Morgan fingerprint density at radius 3 is 1.47 bits per heavy atom. The van der Waals surface area contributed by atoms with E-state index in [1.165, 1.54) is 95.5 Å². The van der Waals surface area contributed by atoms with Gasteiger partial charge in [-0.05, 0) is 36.2 Å². The second-order valence-electron chi connectivity index (χ2n) is 9.33. The molecule has 0 aliphatic rings. The van der Waals surface area contributed by atoms with Gasteiger partial charge in [0, 0.05) is 11.6 Å². The third-order valence-corrected chi connectivity index (χ3v) is 10.4. The molecule has 0 aliphatic carbocycles. The molecule has 0 atom stereocenters. The molecular weight excluding hydrogens is 432 g/mol. The lowest BCUT2D eigenvalue weighted by Gasteiger charge is -2.29. The average molecular weight is 483 g/mol. The fourth-order valence-corrected chi connectivity index (χ4v) is 6.70. The molecule has 0 unspecified atom stereocenters. The second kappa shape index (κ2) is 20.1. The number of hydrogen-bond acceptors (Lipinski definition) is 2. The molecule has 0 spiro atoms. The Labute approximate surface area is 206 Å². The molecule has 0 radical (unpaired) electrons. The van der Waals surface area contributed by atoms with Crippen LogP contribution in [0.3, 0.4) is 0 Å². The second-order valence-corrected chi connectivity index (χ2v) is 13.6. The van der Waals surface area contributed by atoms with Crippen molar-refractivity contribution in [2.24, 2.45) is 0 Å². The number of hydrogen-bond donors (Lipinski definition) is 0. The van der Waals surface area contributed by atoms with Crippen molar-refractivity contribution in [2.75, 3.05) is 6.61 Å². The van der Waals surface area contributed by atoms with Gasteiger partial charge in [0.1, 0.15) is 0 Å². The first kappa shape index (κ1) is 29.7. The molecule has 0 fully saturated rings. The van der Waals surface area contributed by atoms with Crippen molar-refractivity contribution in [3.63, 3.8) is 0 Å². The molecule has 0 heterocycles. The summed E-state index contributed by atoms with van der Waals surface area (Å²) in [5, 5.41) is 0.771. The van der Waals surface area contributed by atoms with Gasteiger partial charge in [0.15, 0.2) is 0 Å². The molecule has 1 rings (SSSR count). The van der Waals surface area contributed by atoms with E-state index in [-0.39, 0.29) is 0 Å². The maximum absolute atomic E-state index is 6.38. The van der Waals surface area contributed by atoms with Crippen molar-refractivity contribution < 1.29 is 8.85 Å². The zero-order valence-corrected chi connectivity index (χ0v) is 23.2. The van der Waals surface area contributed by atoms with E-state index >= 15 is 0 Å². The molecule has 2 nitrogen and oxygen atoms in total. The lowest BCUT2D eigenvalue weighted by molar-refractivity contribution is 0.158. The number of rotatable bonds is 22. The van der Waals surface area contributed by atoms with Crippen LogP contribution in [-0.2, 0) is 15.5 Å². The fourth-order valence-electron chi connectivity index (χ4n) is 4.23. The van der Waals surface area contributed by atoms with Gasteiger partial charge < -0.3 is 8.85 Å². The van der Waals surface area contributed by atoms with Gasteiger partial charge >= 0.3 is 8.56 Å². The van der Waals surface area contributed by atoms with Crippen LogP contribution in [-0.4, -0.2) is 15.2 Å². The summed E-state index contributed by atoms with van der Waals surface area (Å²) in [6.45, 7) is 8.20. The summed E-state index contributed by atoms with van der Waals surface area (Å²) in [5.41, 5.74) is 1.17. The van der Waals surface area contributed by atoms with Crippen molar-refractivity contribution in [3.05, 3.63) is 34.9 Å². The van der Waals surface area contributed by atoms with E-state index in [9.17, 15) is 0 Å². The van der Waals surface area contributed by atoms with Crippen molar-refractivity contribution in [1.29, 1.82) is 0 Å². The molecule has 0 bridgehead atoms. The van der Waals surface area contributed by atoms with Gasteiger partial charge in [0.25, 0.3) is 0 Å². The van der Waals surface area contributed by atoms with Gasteiger partial charge in [0.05, 0.1) is 6.61 Å². The van der Waals surface area contributed by atoms with E-state index in [2.05, 4.69) is 20.8 Å². The highest BCUT2D eigenvalue weighted by molar-refractivity contribution is 6.67. The van der Waals surface area contributed by atoms with Gasteiger partial charge in [0.2, 0.25) is 0 Å². The predicted octanol–water partition coefficient (Wildman–Crippen LogP) is 10.2. The van der Waals surface area contributed by atoms with Gasteiger partial charge in [-0.1, -0.05) is 134 Å². The van der Waals surface area contributed by atoms with E-state index in [0.29, 0.717) is 6.61 Å². The molecule has 0 aromatic heterocycles. The van der Waals surface area contributed by atoms with Gasteiger partial charge in [-0.15, -0.1) is 0 Å². The summed E-state index contributed by atoms with van der Waals surface area (Å²) in [6, 6.07) is 9.96. The summed E-state index contributed by atoms with van der Waals surface area (Å²) >= 11 is 5.98. The number of benzene rings is 1. The van der Waals surface area contributed by atoms with Crippen molar-refractivity contribution in [1.82, 2.24) is 0 Å². The zero-order chi connectivity index (χ0) is 23.3. The summed E-state index contributed by atoms with van der Waals surface area (Å²) < 4.78 is 12.7. The van der Waals surface area contributed by atoms with Crippen LogP contribution in [0.25, 0.3) is 0 Å². The maximum atomic E-state index is 6.38. The molecule has 1 aromatic rings. The third-order valence-electron chi connectivity index (χ3n) is 6.61. The Balaban J connectivity index is 1.99. The molecule has 0 saturated carbocycles. The Morgan fingerprint density at radius 1 is 0.594 bits per heavy atom. The van der Waals surface area contributed by atoms with Gasteiger partial charge in [-0.2, -0.15) is 0 Å². The normalized spacial score (nSPS) is 11.9. The van der Waals surface area contributed by atoms with Gasteiger partial charge in [-0.25, -0.2) is 0 Å². The highest BCUT2D eigenvalue weighted by Crippen LogP contribution is 2.22. The fraction of sp³-hybridized carbons (Fsp3) is 0.786. The number of unbranched alkanes of at least 4 members (excludes halogenated alkanes) is 14. The summed E-state index contributed by atoms with van der Waals surface area (Å²) in [4.78, 5) is 0. The summed E-state index contributed by atoms with van der Waals surface area (Å²) in [6.07, 6.45) is 20.9. The van der Waals surface area contributed by atoms with E-state index in [1.807, 2.05) is 24.3 Å². The van der Waals surface area contributed by atoms with E-state index < -0.39 is 8.56 Å². The van der Waals surface area contributed by atoms with Crippen LogP contribution in [0.4, 0.5) is 0 Å². The van der Waals surface area contributed by atoms with Crippen LogP contribution in [0.15, 0.2) is 24.3 Å². The smallest absolute Gasteiger partial charge is 0.337 e. The Morgan fingerprint density at radius 2 is 1.03 bits per heavy atom. The molecule has 0 N–H and O–H groups in total. The standard InChI is InChI=1S/C28H51ClO2Si/c1-4-7-8-9-10-11-12-13-14-15-16-17-18-19-20-25-30-32(5-2,6-3)31-26-27-21-23-28(29)24-22-27/h21-24H,4-20,25-26H2,1-3H3. The first-order valence-corrected chi connectivity index (χ1v) is 16.3. The van der Waals surface area contributed by atoms with Crippen molar-refractivity contribution >= 4 is 20.2 Å². The van der Waals surface area contributed by atoms with Crippen LogP contribution in [0.5, 0.6) is 0 Å². The third kappa shape index (κ3) is 14.7. The van der Waals surface area contributed by atoms with Crippen molar-refractivity contribution in [2.45, 2.75) is 136 Å². The van der Waals surface area contributed by atoms with Crippen LogP contribution >= 0.6 is 11.6 Å². The monoisotopic (exact) mass is 482 g/mol. The minimum Gasteiger partial charge on any atom is -0.394 e. The first-order valence-electron chi connectivity index (χ1n) is 13.7. The molecule has 0 amide bonds. The number of halogens is 1. The SMILES string of the molecule is CCCCCCCCCCCCCCCCCO[Si](CC)(CC)OCc1ccc(Cl)cc1. The first-order chi connectivity index (χ1) is 15.7. The Kier molecular flexibility index (Phi) is 18.6. The lowest BCUT2D eigenvalue weighted by Crippen LogP contribution is -2.40. The molecule has 1 aromatic carbocycles. The lowest BCUT2D eigenvalue weighted by atomic mass is 10.0. The average Bonchev–Trinajstić information content (AvgIpc) is 2.82. The minimum absolute atomic E-state index is 0.629. The zero-order valence-electron chi connectivity index (χ0n) is 21.4. The van der Waals surface area contributed by atoms with Gasteiger partial charge in [-0.3, -0.25) is 0 Å². The molecule has 4 heteroatoms. The van der Waals surface area contributed by atoms with Crippen LogP contribution in [0.1, 0.15) is 123 Å². The highest BCUT2D eigenvalue weighted by atomic mass is 35.5. The molecule has 186 valence electrons. The van der Waals surface area contributed by atoms with Crippen LogP contribution < -0.4 is 0 Å². The minimum atomic E-state index is -2.08. The summed E-state index contributed by atoms with van der Waals surface area (Å²) in [7, 11) is -2.08. The molecule has 0 aliphatic heterocycles. The van der Waals surface area contributed by atoms with Crippen LogP contribution in [0.2, 0.25) is 17.1 Å². The largest absolute Gasteiger partial charge is 0.394 e. The van der Waals surface area contributed by atoms with E-state index in [1.54, 1.807) is 0 Å². The van der Waals surface area contributed by atoms with Crippen molar-refractivity contribution in [3.8, 4) is 0 Å².